The van der Waals surface area contributed by atoms with E-state index in [2.05, 4.69) is 115 Å². The van der Waals surface area contributed by atoms with Crippen molar-refractivity contribution in [1.29, 1.82) is 0 Å². The summed E-state index contributed by atoms with van der Waals surface area (Å²) in [7, 11) is 0. The van der Waals surface area contributed by atoms with Gasteiger partial charge in [0, 0.05) is 11.8 Å². The molecular formula is C59H73NO3. The van der Waals surface area contributed by atoms with Gasteiger partial charge in [0.1, 0.15) is 5.75 Å². The lowest BCUT2D eigenvalue weighted by molar-refractivity contribution is -0.145. The molecule has 0 aliphatic heterocycles. The molecule has 4 aliphatic carbocycles. The molecule has 4 aliphatic rings. The van der Waals surface area contributed by atoms with Crippen LogP contribution in [-0.4, -0.2) is 22.7 Å². The number of aryl methyl sites for hydroxylation is 1. The summed E-state index contributed by atoms with van der Waals surface area (Å²) in [5.41, 5.74) is 12.6. The van der Waals surface area contributed by atoms with Crippen molar-refractivity contribution in [1.82, 2.24) is 0 Å². The SMILES string of the molecule is NCC1C=CC(C(=O)O)C2C1C(CC(CC=CCCC1CCCCC1)CCc1ccccc1)C=CC2C1(c2ccccc2)CCCC(Cc2ccc(Cc3ccccc3)c(O)c2)C1. The van der Waals surface area contributed by atoms with Gasteiger partial charge < -0.3 is 15.9 Å². The minimum atomic E-state index is -0.709. The molecule has 0 saturated heterocycles. The first-order chi connectivity index (χ1) is 30.9. The summed E-state index contributed by atoms with van der Waals surface area (Å²) < 4.78 is 0. The van der Waals surface area contributed by atoms with E-state index in [0.29, 0.717) is 30.6 Å². The second-order valence-corrected chi connectivity index (χ2v) is 20.1. The third kappa shape index (κ3) is 11.2. The van der Waals surface area contributed by atoms with Crippen molar-refractivity contribution in [3.05, 3.63) is 173 Å². The van der Waals surface area contributed by atoms with Gasteiger partial charge in [-0.25, -0.2) is 0 Å². The predicted molar refractivity (Wildman–Crippen MR) is 259 cm³/mol. The van der Waals surface area contributed by atoms with Gasteiger partial charge in [-0.05, 0) is 146 Å². The monoisotopic (exact) mass is 844 g/mol. The number of carbonyl (C=O) groups is 1. The molecule has 0 amide bonds. The predicted octanol–water partition coefficient (Wildman–Crippen LogP) is 13.5. The highest BCUT2D eigenvalue weighted by Crippen LogP contribution is 2.58. The van der Waals surface area contributed by atoms with Gasteiger partial charge in [0.15, 0.2) is 0 Å². The maximum absolute atomic E-state index is 13.5. The number of carboxylic acid groups (broad SMARTS) is 1. The number of hydrogen-bond donors (Lipinski definition) is 3. The number of allylic oxidation sites excluding steroid dienone is 4. The molecule has 63 heavy (non-hydrogen) atoms. The van der Waals surface area contributed by atoms with E-state index in [9.17, 15) is 15.0 Å². The van der Waals surface area contributed by atoms with Crippen LogP contribution < -0.4 is 5.73 Å². The molecule has 332 valence electrons. The average Bonchev–Trinajstić information content (AvgIpc) is 3.32. The van der Waals surface area contributed by atoms with E-state index in [-0.39, 0.29) is 35.0 Å². The molecule has 0 spiro atoms. The van der Waals surface area contributed by atoms with Crippen molar-refractivity contribution >= 4 is 5.97 Å². The Kier molecular flexibility index (Phi) is 15.5. The number of carboxylic acids is 1. The van der Waals surface area contributed by atoms with E-state index >= 15 is 0 Å². The number of phenols is 1. The summed E-state index contributed by atoms with van der Waals surface area (Å²) in [4.78, 5) is 13.5. The smallest absolute Gasteiger partial charge is 0.310 e. The Morgan fingerprint density at radius 2 is 1.43 bits per heavy atom. The van der Waals surface area contributed by atoms with Crippen LogP contribution in [0, 0.1) is 53.3 Å². The van der Waals surface area contributed by atoms with Crippen LogP contribution in [-0.2, 0) is 29.5 Å². The summed E-state index contributed by atoms with van der Waals surface area (Å²) in [5, 5.41) is 22.3. The Labute approximate surface area is 378 Å². The molecule has 4 aromatic carbocycles. The third-order valence-corrected chi connectivity index (χ3v) is 16.1. The Hall–Kier alpha value is -4.67. The number of aromatic hydroxyl groups is 1. The highest BCUT2D eigenvalue weighted by molar-refractivity contribution is 5.73. The molecule has 4 N–H and O–H groups in total. The van der Waals surface area contributed by atoms with E-state index in [1.165, 1.54) is 67.2 Å². The summed E-state index contributed by atoms with van der Waals surface area (Å²) in [6.07, 6.45) is 33.8. The lowest BCUT2D eigenvalue weighted by Crippen LogP contribution is -2.53. The molecule has 8 rings (SSSR count). The number of nitrogens with two attached hydrogens (primary N) is 1. The number of rotatable bonds is 18. The number of hydrogen-bond acceptors (Lipinski definition) is 3. The molecule has 2 saturated carbocycles. The molecule has 4 aromatic rings. The number of fused-ring (bicyclic) bond motifs is 1. The van der Waals surface area contributed by atoms with E-state index < -0.39 is 11.9 Å². The molecular weight excluding hydrogens is 771 g/mol. The maximum atomic E-state index is 13.5. The van der Waals surface area contributed by atoms with Crippen LogP contribution in [0.2, 0.25) is 0 Å². The second kappa shape index (κ2) is 21.8. The molecule has 2 fully saturated rings. The lowest BCUT2D eigenvalue weighted by Gasteiger charge is -2.56. The Morgan fingerprint density at radius 1 is 0.730 bits per heavy atom. The fourth-order valence-electron chi connectivity index (χ4n) is 13.0. The van der Waals surface area contributed by atoms with Crippen molar-refractivity contribution in [3.8, 4) is 5.75 Å². The Balaban J connectivity index is 1.08. The fourth-order valence-corrected chi connectivity index (χ4v) is 13.0. The van der Waals surface area contributed by atoms with E-state index in [1.807, 2.05) is 30.3 Å². The zero-order valence-electron chi connectivity index (χ0n) is 37.7. The summed E-state index contributed by atoms with van der Waals surface area (Å²) in [6, 6.07) is 38.7. The van der Waals surface area contributed by atoms with Gasteiger partial charge >= 0.3 is 5.97 Å². The van der Waals surface area contributed by atoms with Crippen molar-refractivity contribution in [2.75, 3.05) is 6.54 Å². The van der Waals surface area contributed by atoms with Gasteiger partial charge in [0.05, 0.1) is 5.92 Å². The van der Waals surface area contributed by atoms with Crippen LogP contribution in [0.15, 0.2) is 146 Å². The number of phenolic OH excluding ortho intramolecular Hbond substituents is 1. The van der Waals surface area contributed by atoms with Crippen molar-refractivity contribution in [3.63, 3.8) is 0 Å². The van der Waals surface area contributed by atoms with Crippen LogP contribution >= 0.6 is 0 Å². The second-order valence-electron chi connectivity index (χ2n) is 20.1. The van der Waals surface area contributed by atoms with E-state index in [4.69, 9.17) is 5.73 Å². The molecule has 0 heterocycles. The Bertz CT molecular complexity index is 2120. The molecule has 4 nitrogen and oxygen atoms in total. The van der Waals surface area contributed by atoms with Crippen LogP contribution in [0.25, 0.3) is 0 Å². The first-order valence-corrected chi connectivity index (χ1v) is 24.8. The minimum Gasteiger partial charge on any atom is -0.508 e. The van der Waals surface area contributed by atoms with Crippen LogP contribution in [0.3, 0.4) is 0 Å². The van der Waals surface area contributed by atoms with Gasteiger partial charge in [-0.3, -0.25) is 4.79 Å². The molecule has 9 unspecified atom stereocenters. The number of aliphatic carboxylic acids is 1. The minimum absolute atomic E-state index is 0.0582. The fraction of sp³-hybridized carbons (Fsp3) is 0.475. The first kappa shape index (κ1) is 44.9. The summed E-state index contributed by atoms with van der Waals surface area (Å²) in [6.45, 7) is 0.529. The van der Waals surface area contributed by atoms with E-state index in [0.717, 1.165) is 69.3 Å². The van der Waals surface area contributed by atoms with Gasteiger partial charge in [-0.2, -0.15) is 0 Å². The van der Waals surface area contributed by atoms with Gasteiger partial charge in [-0.15, -0.1) is 0 Å². The van der Waals surface area contributed by atoms with Crippen molar-refractivity contribution < 1.29 is 15.0 Å². The molecule has 0 bridgehead atoms. The van der Waals surface area contributed by atoms with Crippen LogP contribution in [0.1, 0.15) is 118 Å². The zero-order valence-corrected chi connectivity index (χ0v) is 37.7. The topological polar surface area (TPSA) is 83.6 Å². The van der Waals surface area contributed by atoms with Gasteiger partial charge in [-0.1, -0.05) is 185 Å². The largest absolute Gasteiger partial charge is 0.508 e. The van der Waals surface area contributed by atoms with Crippen molar-refractivity contribution in [2.24, 2.45) is 59.0 Å². The molecule has 0 radical (unpaired) electrons. The van der Waals surface area contributed by atoms with Crippen LogP contribution in [0.4, 0.5) is 0 Å². The summed E-state index contributed by atoms with van der Waals surface area (Å²) >= 11 is 0. The van der Waals surface area contributed by atoms with Gasteiger partial charge in [0.25, 0.3) is 0 Å². The normalized spacial score (nSPS) is 27.9. The first-order valence-electron chi connectivity index (χ1n) is 24.8. The average molecular weight is 844 g/mol. The quantitative estimate of drug-likeness (QED) is 0.0871. The van der Waals surface area contributed by atoms with E-state index in [1.54, 1.807) is 0 Å². The van der Waals surface area contributed by atoms with Gasteiger partial charge in [0.2, 0.25) is 0 Å². The lowest BCUT2D eigenvalue weighted by atomic mass is 9.48. The number of benzene rings is 4. The summed E-state index contributed by atoms with van der Waals surface area (Å²) in [5.74, 6) is 1.44. The highest BCUT2D eigenvalue weighted by atomic mass is 16.4. The highest BCUT2D eigenvalue weighted by Gasteiger charge is 2.55. The Morgan fingerprint density at radius 3 is 2.14 bits per heavy atom. The molecule has 0 aromatic heterocycles. The molecule has 4 heteroatoms. The molecule has 9 atom stereocenters. The van der Waals surface area contributed by atoms with Crippen LogP contribution in [0.5, 0.6) is 5.75 Å². The third-order valence-electron chi connectivity index (χ3n) is 16.1. The van der Waals surface area contributed by atoms with Crippen molar-refractivity contribution in [2.45, 2.75) is 115 Å². The maximum Gasteiger partial charge on any atom is 0.310 e. The standard InChI is InChI=1S/C59H73NO3/c60-42-51-32-34-53(58(62)63)57-54(35-33-50(56(51)57)39-46(29-28-44-20-9-2-10-21-44)24-13-3-8-19-43-17-6-1-7-18-43)59(52-26-14-5-15-27-52)36-16-25-48(41-59)37-47-30-31-49(55(61)40-47)38-45-22-11-4-12-23-45/h2-5,9-15,20-23,26-27,30-35,40,43,46,48,50-51,53-54,56-57,61H,1,6-8,16-19,24-25,28-29,36-39,41-42,60H2,(H,62,63). The zero-order chi connectivity index (χ0) is 43.4.